The second kappa shape index (κ2) is 9.12. The molecule has 3 aromatic rings. The van der Waals surface area contributed by atoms with E-state index in [-0.39, 0.29) is 5.91 Å². The Labute approximate surface area is 188 Å². The van der Waals surface area contributed by atoms with Gasteiger partial charge in [0.25, 0.3) is 0 Å². The van der Waals surface area contributed by atoms with Gasteiger partial charge in [-0.15, -0.1) is 0 Å². The highest BCUT2D eigenvalue weighted by Gasteiger charge is 2.27. The van der Waals surface area contributed by atoms with Crippen molar-refractivity contribution in [2.75, 3.05) is 31.6 Å². The molecule has 0 bridgehead atoms. The number of aryl methyl sites for hydroxylation is 1. The topological polar surface area (TPSA) is 71.7 Å². The molecule has 0 aliphatic carbocycles. The van der Waals surface area contributed by atoms with Crippen LogP contribution in [0.5, 0.6) is 5.75 Å². The summed E-state index contributed by atoms with van der Waals surface area (Å²) in [5.74, 6) is 1.88. The number of rotatable bonds is 7. The molecular weight excluding hydrogens is 404 g/mol. The summed E-state index contributed by atoms with van der Waals surface area (Å²) in [5, 5.41) is 4.06. The van der Waals surface area contributed by atoms with Gasteiger partial charge in [0.1, 0.15) is 5.75 Å². The van der Waals surface area contributed by atoms with Gasteiger partial charge in [-0.3, -0.25) is 9.69 Å². The van der Waals surface area contributed by atoms with Crippen LogP contribution < -0.4 is 9.64 Å². The summed E-state index contributed by atoms with van der Waals surface area (Å²) in [6.07, 6.45) is 4.28. The highest BCUT2D eigenvalue weighted by molar-refractivity contribution is 5.95. The molecule has 0 N–H and O–H groups in total. The summed E-state index contributed by atoms with van der Waals surface area (Å²) in [6, 6.07) is 13.9. The minimum absolute atomic E-state index is 0.103. The van der Waals surface area contributed by atoms with Gasteiger partial charge in [0, 0.05) is 37.2 Å². The molecule has 2 aliphatic rings. The molecule has 5 rings (SSSR count). The molecule has 0 spiro atoms. The van der Waals surface area contributed by atoms with Crippen LogP contribution in [0, 0.1) is 0 Å². The van der Waals surface area contributed by atoms with Crippen molar-refractivity contribution in [1.29, 1.82) is 0 Å². The van der Waals surface area contributed by atoms with Crippen LogP contribution in [0.25, 0.3) is 11.4 Å². The highest BCUT2D eigenvalue weighted by atomic mass is 16.5. The summed E-state index contributed by atoms with van der Waals surface area (Å²) in [4.78, 5) is 21.9. The standard InChI is InChI=1S/C25H28N4O3/c1-31-20-9-7-18(8-10-20)25-26-23(32-27-25)11-12-24(30)29-16-13-21-19(5-4-6-22(21)29)17-28-14-2-3-15-28/h4-10H,2-3,11-17H2,1H3. The van der Waals surface area contributed by atoms with Gasteiger partial charge in [0.2, 0.25) is 17.6 Å². The lowest BCUT2D eigenvalue weighted by molar-refractivity contribution is -0.118. The first kappa shape index (κ1) is 20.7. The van der Waals surface area contributed by atoms with Crippen molar-refractivity contribution >= 4 is 11.6 Å². The number of carbonyl (C=O) groups is 1. The van der Waals surface area contributed by atoms with Crippen LogP contribution in [-0.2, 0) is 24.2 Å². The first-order valence-corrected chi connectivity index (χ1v) is 11.3. The van der Waals surface area contributed by atoms with Gasteiger partial charge in [-0.1, -0.05) is 17.3 Å². The molecule has 1 aromatic heterocycles. The van der Waals surface area contributed by atoms with Crippen molar-refractivity contribution in [3.05, 3.63) is 59.5 Å². The lowest BCUT2D eigenvalue weighted by Crippen LogP contribution is -2.29. The predicted octanol–water partition coefficient (Wildman–Crippen LogP) is 3.86. The van der Waals surface area contributed by atoms with E-state index in [4.69, 9.17) is 9.26 Å². The number of likely N-dealkylation sites (tertiary alicyclic amines) is 1. The maximum absolute atomic E-state index is 13.0. The van der Waals surface area contributed by atoms with Crippen molar-refractivity contribution < 1.29 is 14.1 Å². The molecule has 1 amide bonds. The Morgan fingerprint density at radius 2 is 1.91 bits per heavy atom. The average molecular weight is 433 g/mol. The van der Waals surface area contributed by atoms with Gasteiger partial charge in [0.05, 0.1) is 7.11 Å². The maximum atomic E-state index is 13.0. The van der Waals surface area contributed by atoms with Crippen molar-refractivity contribution in [2.24, 2.45) is 0 Å². The zero-order valence-corrected chi connectivity index (χ0v) is 18.4. The lowest BCUT2D eigenvalue weighted by Gasteiger charge is -2.19. The molecule has 32 heavy (non-hydrogen) atoms. The van der Waals surface area contributed by atoms with E-state index in [0.29, 0.717) is 24.6 Å². The normalized spacial score (nSPS) is 15.8. The number of anilines is 1. The SMILES string of the molecule is COc1ccc(-c2noc(CCC(=O)N3CCc4c(CN5CCCC5)cccc43)n2)cc1. The van der Waals surface area contributed by atoms with Crippen LogP contribution in [0.3, 0.4) is 0 Å². The average Bonchev–Trinajstić information content (AvgIpc) is 3.59. The number of carbonyl (C=O) groups excluding carboxylic acids is 1. The van der Waals surface area contributed by atoms with Gasteiger partial charge in [0.15, 0.2) is 0 Å². The number of fused-ring (bicyclic) bond motifs is 1. The molecule has 0 saturated carbocycles. The number of aromatic nitrogens is 2. The second-order valence-corrected chi connectivity index (χ2v) is 8.43. The van der Waals surface area contributed by atoms with E-state index < -0.39 is 0 Å². The Morgan fingerprint density at radius 3 is 2.69 bits per heavy atom. The fourth-order valence-corrected chi connectivity index (χ4v) is 4.66. The number of hydrogen-bond acceptors (Lipinski definition) is 6. The number of benzene rings is 2. The zero-order chi connectivity index (χ0) is 21.9. The minimum atomic E-state index is 0.103. The molecule has 166 valence electrons. The van der Waals surface area contributed by atoms with Gasteiger partial charge < -0.3 is 14.2 Å². The van der Waals surface area contributed by atoms with Crippen LogP contribution >= 0.6 is 0 Å². The Hall–Kier alpha value is -3.19. The Balaban J connectivity index is 1.22. The molecule has 0 unspecified atom stereocenters. The van der Waals surface area contributed by atoms with Crippen LogP contribution in [0.15, 0.2) is 47.0 Å². The minimum Gasteiger partial charge on any atom is -0.497 e. The largest absolute Gasteiger partial charge is 0.497 e. The van der Waals surface area contributed by atoms with E-state index in [1.54, 1.807) is 7.11 Å². The Bertz CT molecular complexity index is 1090. The van der Waals surface area contributed by atoms with Gasteiger partial charge in [-0.25, -0.2) is 0 Å². The van der Waals surface area contributed by atoms with Gasteiger partial charge in [-0.2, -0.15) is 4.98 Å². The number of methoxy groups -OCH3 is 1. The van der Waals surface area contributed by atoms with E-state index >= 15 is 0 Å². The van der Waals surface area contributed by atoms with Crippen LogP contribution in [0.2, 0.25) is 0 Å². The molecule has 0 radical (unpaired) electrons. The molecule has 1 fully saturated rings. The molecule has 7 nitrogen and oxygen atoms in total. The lowest BCUT2D eigenvalue weighted by atomic mass is 10.0. The Kier molecular flexibility index (Phi) is 5.90. The summed E-state index contributed by atoms with van der Waals surface area (Å²) < 4.78 is 10.6. The molecule has 2 aliphatic heterocycles. The second-order valence-electron chi connectivity index (χ2n) is 8.43. The van der Waals surface area contributed by atoms with Crippen LogP contribution in [0.1, 0.15) is 36.3 Å². The first-order valence-electron chi connectivity index (χ1n) is 11.3. The predicted molar refractivity (Wildman–Crippen MR) is 122 cm³/mol. The molecular formula is C25H28N4O3. The summed E-state index contributed by atoms with van der Waals surface area (Å²) in [5.41, 5.74) is 4.61. The van der Waals surface area contributed by atoms with E-state index in [0.717, 1.165) is 36.5 Å². The smallest absolute Gasteiger partial charge is 0.227 e. The quantitative estimate of drug-likeness (QED) is 0.565. The van der Waals surface area contributed by atoms with E-state index in [9.17, 15) is 4.79 Å². The Morgan fingerprint density at radius 1 is 1.09 bits per heavy atom. The molecule has 1 saturated heterocycles. The molecule has 0 atom stereocenters. The van der Waals surface area contributed by atoms with Crippen molar-refractivity contribution in [3.63, 3.8) is 0 Å². The number of amides is 1. The monoisotopic (exact) mass is 432 g/mol. The fourth-order valence-electron chi connectivity index (χ4n) is 4.66. The van der Waals surface area contributed by atoms with Gasteiger partial charge >= 0.3 is 0 Å². The zero-order valence-electron chi connectivity index (χ0n) is 18.4. The third-order valence-electron chi connectivity index (χ3n) is 6.39. The third kappa shape index (κ3) is 4.25. The summed E-state index contributed by atoms with van der Waals surface area (Å²) in [6.45, 7) is 4.08. The number of nitrogens with zero attached hydrogens (tertiary/aromatic N) is 4. The third-order valence-corrected chi connectivity index (χ3v) is 6.39. The van der Waals surface area contributed by atoms with Crippen molar-refractivity contribution in [1.82, 2.24) is 15.0 Å². The summed E-state index contributed by atoms with van der Waals surface area (Å²) >= 11 is 0. The number of hydrogen-bond donors (Lipinski definition) is 0. The van der Waals surface area contributed by atoms with E-state index in [1.165, 1.54) is 37.1 Å². The summed E-state index contributed by atoms with van der Waals surface area (Å²) in [7, 11) is 1.63. The van der Waals surface area contributed by atoms with Crippen LogP contribution in [-0.4, -0.2) is 47.7 Å². The van der Waals surface area contributed by atoms with Crippen LogP contribution in [0.4, 0.5) is 5.69 Å². The molecule has 3 heterocycles. The molecule has 7 heteroatoms. The van der Waals surface area contributed by atoms with Crippen molar-refractivity contribution in [2.45, 2.75) is 38.6 Å². The highest BCUT2D eigenvalue weighted by Crippen LogP contribution is 2.32. The number of ether oxygens (including phenoxy) is 1. The van der Waals surface area contributed by atoms with E-state index in [2.05, 4.69) is 33.2 Å². The first-order chi connectivity index (χ1) is 15.7. The van der Waals surface area contributed by atoms with Crippen molar-refractivity contribution in [3.8, 4) is 17.1 Å². The van der Waals surface area contributed by atoms with E-state index in [1.807, 2.05) is 29.2 Å². The maximum Gasteiger partial charge on any atom is 0.227 e. The fraction of sp³-hybridized carbons (Fsp3) is 0.400. The molecule has 2 aromatic carbocycles. The van der Waals surface area contributed by atoms with Gasteiger partial charge in [-0.05, 0) is 73.8 Å².